The maximum Gasteiger partial charge on any atom is 0.349 e. The molecule has 2 rings (SSSR count). The van der Waals surface area contributed by atoms with Crippen LogP contribution in [-0.2, 0) is 14.8 Å². The van der Waals surface area contributed by atoms with Crippen molar-refractivity contribution in [3.63, 3.8) is 0 Å². The summed E-state index contributed by atoms with van der Waals surface area (Å²) in [5.74, 6) is -0.266. The molecule has 0 atom stereocenters. The Kier molecular flexibility index (Phi) is 8.78. The number of sulfonamides is 1. The Morgan fingerprint density at radius 2 is 1.93 bits per heavy atom. The summed E-state index contributed by atoms with van der Waals surface area (Å²) in [5, 5.41) is 4.87. The molecular formula is C20H28N2O5S2. The van der Waals surface area contributed by atoms with Crippen LogP contribution in [0, 0.1) is 0 Å². The van der Waals surface area contributed by atoms with Gasteiger partial charge in [-0.1, -0.05) is 26.2 Å². The fraction of sp³-hybridized carbons (Fsp3) is 0.450. The van der Waals surface area contributed by atoms with Crippen molar-refractivity contribution in [1.82, 2.24) is 0 Å². The number of hydrogen-bond donors (Lipinski definition) is 2. The summed E-state index contributed by atoms with van der Waals surface area (Å²) in [6, 6.07) is 6.61. The minimum absolute atomic E-state index is 0.0309. The lowest BCUT2D eigenvalue weighted by atomic mass is 10.2. The molecule has 1 aromatic carbocycles. The zero-order valence-corrected chi connectivity index (χ0v) is 18.6. The first kappa shape index (κ1) is 23.0. The van der Waals surface area contributed by atoms with Gasteiger partial charge in [-0.2, -0.15) is 0 Å². The van der Waals surface area contributed by atoms with E-state index in [9.17, 15) is 13.2 Å². The summed E-state index contributed by atoms with van der Waals surface area (Å²) in [7, 11) is -2.76. The van der Waals surface area contributed by atoms with Gasteiger partial charge in [0, 0.05) is 18.3 Å². The van der Waals surface area contributed by atoms with Crippen molar-refractivity contribution >= 4 is 38.7 Å². The van der Waals surface area contributed by atoms with Gasteiger partial charge in [0.25, 0.3) is 10.0 Å². The summed E-state index contributed by atoms with van der Waals surface area (Å²) >= 11 is 1.02. The molecule has 0 aliphatic rings. The lowest BCUT2D eigenvalue weighted by molar-refractivity contribution is 0.0602. The molecule has 29 heavy (non-hydrogen) atoms. The SMILES string of the molecule is CCCCCCNc1ccc(NS(=O)(=O)c2ccsc2C(=O)OC)c(OCC)c1. The molecule has 1 aromatic heterocycles. The van der Waals surface area contributed by atoms with Crippen molar-refractivity contribution in [2.75, 3.05) is 30.3 Å². The summed E-state index contributed by atoms with van der Waals surface area (Å²) in [6.45, 7) is 5.23. The smallest absolute Gasteiger partial charge is 0.349 e. The number of thiophene rings is 1. The minimum atomic E-state index is -3.98. The maximum atomic E-state index is 12.8. The highest BCUT2D eigenvalue weighted by Crippen LogP contribution is 2.32. The van der Waals surface area contributed by atoms with E-state index in [-0.39, 0.29) is 9.77 Å². The second-order valence-corrected chi connectivity index (χ2v) is 8.91. The normalized spacial score (nSPS) is 11.1. The number of esters is 1. The third-order valence-corrected chi connectivity index (χ3v) is 6.61. The van der Waals surface area contributed by atoms with Gasteiger partial charge in [-0.15, -0.1) is 11.3 Å². The van der Waals surface area contributed by atoms with Crippen molar-refractivity contribution in [3.8, 4) is 5.75 Å². The molecule has 2 aromatic rings. The average Bonchev–Trinajstić information content (AvgIpc) is 3.20. The van der Waals surface area contributed by atoms with E-state index in [2.05, 4.69) is 21.7 Å². The summed E-state index contributed by atoms with van der Waals surface area (Å²) in [6.07, 6.45) is 4.64. The Hall–Kier alpha value is -2.26. The van der Waals surface area contributed by atoms with Crippen molar-refractivity contribution in [2.45, 2.75) is 44.4 Å². The average molecular weight is 441 g/mol. The maximum absolute atomic E-state index is 12.8. The molecule has 0 bridgehead atoms. The fourth-order valence-electron chi connectivity index (χ4n) is 2.73. The first-order valence-electron chi connectivity index (χ1n) is 9.62. The molecule has 0 saturated carbocycles. The number of unbranched alkanes of at least 4 members (excludes halogenated alkanes) is 3. The van der Waals surface area contributed by atoms with Gasteiger partial charge in [-0.05, 0) is 36.9 Å². The predicted octanol–water partition coefficient (Wildman–Crippen LogP) is 4.73. The largest absolute Gasteiger partial charge is 0.492 e. The van der Waals surface area contributed by atoms with Crippen LogP contribution in [0.2, 0.25) is 0 Å². The highest BCUT2D eigenvalue weighted by molar-refractivity contribution is 7.93. The lowest BCUT2D eigenvalue weighted by Crippen LogP contribution is -2.16. The molecule has 9 heteroatoms. The second-order valence-electron chi connectivity index (χ2n) is 6.34. The van der Waals surface area contributed by atoms with Crippen LogP contribution in [0.5, 0.6) is 5.75 Å². The van der Waals surface area contributed by atoms with E-state index in [1.54, 1.807) is 18.2 Å². The number of anilines is 2. The van der Waals surface area contributed by atoms with E-state index < -0.39 is 16.0 Å². The lowest BCUT2D eigenvalue weighted by Gasteiger charge is -2.15. The van der Waals surface area contributed by atoms with E-state index in [0.717, 1.165) is 30.0 Å². The number of ether oxygens (including phenoxy) is 2. The summed E-state index contributed by atoms with van der Waals surface area (Å²) in [5.41, 5.74) is 1.17. The Labute approximate surface area is 176 Å². The minimum Gasteiger partial charge on any atom is -0.492 e. The van der Waals surface area contributed by atoms with E-state index in [0.29, 0.717) is 18.0 Å². The monoisotopic (exact) mass is 440 g/mol. The van der Waals surface area contributed by atoms with Crippen molar-refractivity contribution in [3.05, 3.63) is 34.5 Å². The highest BCUT2D eigenvalue weighted by atomic mass is 32.2. The van der Waals surface area contributed by atoms with Gasteiger partial charge in [0.2, 0.25) is 0 Å². The van der Waals surface area contributed by atoms with Crippen LogP contribution < -0.4 is 14.8 Å². The van der Waals surface area contributed by atoms with E-state index in [4.69, 9.17) is 4.74 Å². The zero-order valence-electron chi connectivity index (χ0n) is 17.0. The molecule has 2 N–H and O–H groups in total. The molecule has 160 valence electrons. The van der Waals surface area contributed by atoms with Crippen LogP contribution in [0.4, 0.5) is 11.4 Å². The van der Waals surface area contributed by atoms with E-state index in [1.807, 2.05) is 6.92 Å². The first-order chi connectivity index (χ1) is 13.9. The fourth-order valence-corrected chi connectivity index (χ4v) is 5.13. The molecule has 7 nitrogen and oxygen atoms in total. The van der Waals surface area contributed by atoms with Crippen LogP contribution in [0.25, 0.3) is 0 Å². The van der Waals surface area contributed by atoms with E-state index >= 15 is 0 Å². The Morgan fingerprint density at radius 3 is 2.62 bits per heavy atom. The van der Waals surface area contributed by atoms with Gasteiger partial charge in [0.05, 0.1) is 19.4 Å². The van der Waals surface area contributed by atoms with Gasteiger partial charge in [-0.25, -0.2) is 13.2 Å². The number of methoxy groups -OCH3 is 1. The highest BCUT2D eigenvalue weighted by Gasteiger charge is 2.25. The van der Waals surface area contributed by atoms with Crippen molar-refractivity contribution < 1.29 is 22.7 Å². The van der Waals surface area contributed by atoms with Crippen molar-refractivity contribution in [1.29, 1.82) is 0 Å². The van der Waals surface area contributed by atoms with Gasteiger partial charge in [0.15, 0.2) is 0 Å². The number of hydrogen-bond acceptors (Lipinski definition) is 7. The molecule has 0 spiro atoms. The Balaban J connectivity index is 2.19. The second kappa shape index (κ2) is 11.1. The zero-order chi connectivity index (χ0) is 21.3. The van der Waals surface area contributed by atoms with Crippen LogP contribution in [-0.4, -0.2) is 34.6 Å². The third kappa shape index (κ3) is 6.37. The number of rotatable bonds is 12. The van der Waals surface area contributed by atoms with Gasteiger partial charge in [-0.3, -0.25) is 4.72 Å². The van der Waals surface area contributed by atoms with Crippen LogP contribution in [0.3, 0.4) is 0 Å². The molecule has 0 radical (unpaired) electrons. The number of carbonyl (C=O) groups is 1. The quantitative estimate of drug-likeness (QED) is 0.366. The Bertz CT molecular complexity index is 909. The standard InChI is InChI=1S/C20H28N2O5S2/c1-4-6-7-8-12-21-15-9-10-16(17(14-15)27-5-2)22-29(24,25)18-11-13-28-19(18)20(23)26-3/h9-11,13-14,21-22H,4-8,12H2,1-3H3. The van der Waals surface area contributed by atoms with Crippen LogP contribution in [0.1, 0.15) is 49.2 Å². The van der Waals surface area contributed by atoms with Gasteiger partial charge in [0.1, 0.15) is 15.5 Å². The molecular weight excluding hydrogens is 412 g/mol. The Morgan fingerprint density at radius 1 is 1.14 bits per heavy atom. The van der Waals surface area contributed by atoms with Crippen molar-refractivity contribution in [2.24, 2.45) is 0 Å². The number of nitrogens with one attached hydrogen (secondary N) is 2. The summed E-state index contributed by atoms with van der Waals surface area (Å²) < 4.78 is 38.5. The summed E-state index contributed by atoms with van der Waals surface area (Å²) in [4.78, 5) is 11.8. The van der Waals surface area contributed by atoms with Gasteiger partial charge < -0.3 is 14.8 Å². The molecule has 0 aliphatic heterocycles. The molecule has 0 aliphatic carbocycles. The van der Waals surface area contributed by atoms with E-state index in [1.165, 1.54) is 37.8 Å². The van der Waals surface area contributed by atoms with Crippen LogP contribution >= 0.6 is 11.3 Å². The molecule has 0 saturated heterocycles. The van der Waals surface area contributed by atoms with Crippen LogP contribution in [0.15, 0.2) is 34.5 Å². The molecule has 0 amide bonds. The first-order valence-corrected chi connectivity index (χ1v) is 12.0. The topological polar surface area (TPSA) is 93.7 Å². The van der Waals surface area contributed by atoms with Gasteiger partial charge >= 0.3 is 5.97 Å². The molecule has 1 heterocycles. The molecule has 0 fully saturated rings. The number of carbonyl (C=O) groups excluding carboxylic acids is 1. The third-order valence-electron chi connectivity index (χ3n) is 4.17. The predicted molar refractivity (Wildman–Crippen MR) is 117 cm³/mol. The number of benzene rings is 1. The molecule has 0 unspecified atom stereocenters.